The number of halogens is 1. The first-order chi connectivity index (χ1) is 10.3. The number of hydrogen-bond donors (Lipinski definition) is 2. The first-order valence-corrected chi connectivity index (χ1v) is 8.85. The van der Waals surface area contributed by atoms with E-state index in [1.165, 1.54) is 43.8 Å². The van der Waals surface area contributed by atoms with Crippen molar-refractivity contribution in [2.75, 3.05) is 33.2 Å². The molecule has 22 heavy (non-hydrogen) atoms. The largest absolute Gasteiger partial charge is 0.356 e. The van der Waals surface area contributed by atoms with Crippen LogP contribution >= 0.6 is 35.3 Å². The number of nitrogens with zero attached hydrogens (tertiary/aromatic N) is 2. The lowest BCUT2D eigenvalue weighted by atomic mass is 10.1. The zero-order chi connectivity index (χ0) is 14.9. The molecule has 126 valence electrons. The predicted octanol–water partition coefficient (Wildman–Crippen LogP) is 3.15. The fraction of sp³-hybridized carbons (Fsp3) is 0.688. The number of piperidine rings is 1. The number of guanidine groups is 1. The van der Waals surface area contributed by atoms with Crippen molar-refractivity contribution in [1.82, 2.24) is 15.5 Å². The molecule has 0 aromatic carbocycles. The van der Waals surface area contributed by atoms with E-state index in [1.807, 2.05) is 7.05 Å². The maximum Gasteiger partial charge on any atom is 0.191 e. The Hall–Kier alpha value is -0.340. The van der Waals surface area contributed by atoms with Crippen LogP contribution in [0.5, 0.6) is 0 Å². The highest BCUT2D eigenvalue weighted by Crippen LogP contribution is 2.10. The Bertz CT molecular complexity index is 416. The molecule has 1 fully saturated rings. The van der Waals surface area contributed by atoms with Crippen LogP contribution in [0, 0.1) is 5.92 Å². The summed E-state index contributed by atoms with van der Waals surface area (Å²) in [6.07, 6.45) is 4.14. The van der Waals surface area contributed by atoms with Crippen molar-refractivity contribution >= 4 is 41.3 Å². The maximum atomic E-state index is 4.29. The number of likely N-dealkylation sites (tertiary alicyclic amines) is 1. The summed E-state index contributed by atoms with van der Waals surface area (Å²) in [5.74, 6) is 1.54. The smallest absolute Gasteiger partial charge is 0.191 e. The van der Waals surface area contributed by atoms with Crippen molar-refractivity contribution in [3.8, 4) is 0 Å². The van der Waals surface area contributed by atoms with Gasteiger partial charge in [0.2, 0.25) is 0 Å². The van der Waals surface area contributed by atoms with Crippen molar-refractivity contribution in [3.63, 3.8) is 0 Å². The predicted molar refractivity (Wildman–Crippen MR) is 107 cm³/mol. The summed E-state index contributed by atoms with van der Waals surface area (Å²) in [7, 11) is 1.83. The highest BCUT2D eigenvalue weighted by atomic mass is 127. The molecule has 0 amide bonds. The van der Waals surface area contributed by atoms with Gasteiger partial charge in [0, 0.05) is 25.0 Å². The van der Waals surface area contributed by atoms with Gasteiger partial charge in [-0.15, -0.1) is 35.3 Å². The third kappa shape index (κ3) is 7.28. The van der Waals surface area contributed by atoms with Crippen molar-refractivity contribution < 1.29 is 0 Å². The average molecular weight is 436 g/mol. The van der Waals surface area contributed by atoms with Gasteiger partial charge in [-0.3, -0.25) is 4.99 Å². The van der Waals surface area contributed by atoms with Gasteiger partial charge in [0.05, 0.1) is 6.54 Å². The molecule has 0 aliphatic carbocycles. The minimum atomic E-state index is 0. The van der Waals surface area contributed by atoms with Crippen LogP contribution in [0.15, 0.2) is 22.5 Å². The minimum absolute atomic E-state index is 0. The molecule has 2 heterocycles. The van der Waals surface area contributed by atoms with Crippen molar-refractivity contribution in [1.29, 1.82) is 0 Å². The fourth-order valence-electron chi connectivity index (χ4n) is 2.72. The highest BCUT2D eigenvalue weighted by Gasteiger charge is 2.13. The summed E-state index contributed by atoms with van der Waals surface area (Å²) in [5.41, 5.74) is 0. The lowest BCUT2D eigenvalue weighted by Gasteiger charge is -2.29. The van der Waals surface area contributed by atoms with Crippen LogP contribution in [0.3, 0.4) is 0 Å². The van der Waals surface area contributed by atoms with Crippen molar-refractivity contribution in [2.45, 2.75) is 32.7 Å². The standard InChI is InChI=1S/C16H28N4S.HI/c1-14(13-20-8-4-3-5-9-20)11-18-16(17-2)19-12-15-7-6-10-21-15;/h6-7,10,14H,3-5,8-9,11-13H2,1-2H3,(H2,17,18,19);1H. The Balaban J connectivity index is 0.00000242. The molecule has 1 unspecified atom stereocenters. The van der Waals surface area contributed by atoms with Gasteiger partial charge < -0.3 is 15.5 Å². The SMILES string of the molecule is CN=C(NCc1cccs1)NCC(C)CN1CCCCC1.I. The van der Waals surface area contributed by atoms with E-state index in [-0.39, 0.29) is 24.0 Å². The number of hydrogen-bond acceptors (Lipinski definition) is 3. The summed E-state index contributed by atoms with van der Waals surface area (Å²) < 4.78 is 0. The molecule has 4 nitrogen and oxygen atoms in total. The molecule has 1 atom stereocenters. The zero-order valence-corrected chi connectivity index (χ0v) is 16.8. The zero-order valence-electron chi connectivity index (χ0n) is 13.7. The van der Waals surface area contributed by atoms with Crippen molar-refractivity contribution in [3.05, 3.63) is 22.4 Å². The highest BCUT2D eigenvalue weighted by molar-refractivity contribution is 14.0. The van der Waals surface area contributed by atoms with Crippen LogP contribution in [0.25, 0.3) is 0 Å². The molecule has 0 radical (unpaired) electrons. The molecular weight excluding hydrogens is 407 g/mol. The lowest BCUT2D eigenvalue weighted by molar-refractivity contribution is 0.201. The molecule has 1 saturated heterocycles. The minimum Gasteiger partial charge on any atom is -0.356 e. The second-order valence-electron chi connectivity index (χ2n) is 5.85. The van der Waals surface area contributed by atoms with Crippen LogP contribution in [-0.4, -0.2) is 44.1 Å². The third-order valence-corrected chi connectivity index (χ3v) is 4.75. The Morgan fingerprint density at radius 1 is 1.32 bits per heavy atom. The van der Waals surface area contributed by atoms with Crippen LogP contribution in [0.4, 0.5) is 0 Å². The van der Waals surface area contributed by atoms with Crippen LogP contribution in [0.2, 0.25) is 0 Å². The van der Waals surface area contributed by atoms with E-state index < -0.39 is 0 Å². The summed E-state index contributed by atoms with van der Waals surface area (Å²) >= 11 is 1.77. The summed E-state index contributed by atoms with van der Waals surface area (Å²) in [5, 5.41) is 8.91. The van der Waals surface area contributed by atoms with E-state index in [0.717, 1.165) is 19.0 Å². The number of aliphatic imine (C=N–C) groups is 1. The van der Waals surface area contributed by atoms with Crippen molar-refractivity contribution in [2.24, 2.45) is 10.9 Å². The normalized spacial score (nSPS) is 17.6. The van der Waals surface area contributed by atoms with Gasteiger partial charge in [-0.2, -0.15) is 0 Å². The summed E-state index contributed by atoms with van der Waals surface area (Å²) in [6, 6.07) is 4.22. The molecule has 1 aliphatic rings. The Labute approximate surface area is 155 Å². The van der Waals surface area contributed by atoms with Gasteiger partial charge in [-0.1, -0.05) is 19.4 Å². The van der Waals surface area contributed by atoms with Gasteiger partial charge in [0.15, 0.2) is 5.96 Å². The van der Waals surface area contributed by atoms with Gasteiger partial charge in [-0.25, -0.2) is 0 Å². The number of nitrogens with one attached hydrogen (secondary N) is 2. The average Bonchev–Trinajstić information content (AvgIpc) is 3.02. The molecule has 0 bridgehead atoms. The first-order valence-electron chi connectivity index (χ1n) is 7.97. The Morgan fingerprint density at radius 2 is 2.09 bits per heavy atom. The molecule has 2 rings (SSSR count). The third-order valence-electron chi connectivity index (χ3n) is 3.87. The second-order valence-corrected chi connectivity index (χ2v) is 6.88. The van der Waals surface area contributed by atoms with E-state index in [4.69, 9.17) is 0 Å². The van der Waals surface area contributed by atoms with Gasteiger partial charge in [-0.05, 0) is 43.3 Å². The molecule has 1 aliphatic heterocycles. The number of rotatable bonds is 6. The monoisotopic (exact) mass is 436 g/mol. The molecule has 0 spiro atoms. The summed E-state index contributed by atoms with van der Waals surface area (Å²) in [6.45, 7) is 7.87. The van der Waals surface area contributed by atoms with Gasteiger partial charge in [0.25, 0.3) is 0 Å². The van der Waals surface area contributed by atoms with Crippen LogP contribution in [0.1, 0.15) is 31.1 Å². The number of thiophene rings is 1. The lowest BCUT2D eigenvalue weighted by Crippen LogP contribution is -2.42. The molecule has 2 N–H and O–H groups in total. The molecule has 1 aromatic rings. The van der Waals surface area contributed by atoms with Crippen LogP contribution < -0.4 is 10.6 Å². The molecular formula is C16H29IN4S. The molecule has 6 heteroatoms. The Kier molecular flexibility index (Phi) is 10.1. The van der Waals surface area contributed by atoms with E-state index in [0.29, 0.717) is 5.92 Å². The maximum absolute atomic E-state index is 4.29. The van der Waals surface area contributed by atoms with E-state index >= 15 is 0 Å². The van der Waals surface area contributed by atoms with Gasteiger partial charge in [0.1, 0.15) is 0 Å². The Morgan fingerprint density at radius 3 is 2.73 bits per heavy atom. The van der Waals surface area contributed by atoms with E-state index in [1.54, 1.807) is 11.3 Å². The van der Waals surface area contributed by atoms with E-state index in [9.17, 15) is 0 Å². The second kappa shape index (κ2) is 11.2. The summed E-state index contributed by atoms with van der Waals surface area (Å²) in [4.78, 5) is 8.22. The molecule has 0 saturated carbocycles. The van der Waals surface area contributed by atoms with Crippen LogP contribution in [-0.2, 0) is 6.54 Å². The van der Waals surface area contributed by atoms with Gasteiger partial charge >= 0.3 is 0 Å². The van der Waals surface area contributed by atoms with E-state index in [2.05, 4.69) is 45.0 Å². The first kappa shape index (κ1) is 19.7. The molecule has 1 aromatic heterocycles. The fourth-order valence-corrected chi connectivity index (χ4v) is 3.37. The topological polar surface area (TPSA) is 39.7 Å². The quantitative estimate of drug-likeness (QED) is 0.409.